The summed E-state index contributed by atoms with van der Waals surface area (Å²) in [6.45, 7) is 4.69. The molecule has 13 aromatic rings. The number of rotatable bonds is 2. The average Bonchev–Trinajstić information content (AvgIpc) is 3.86. The summed E-state index contributed by atoms with van der Waals surface area (Å²) in [4.78, 5) is 11.2. The Kier molecular flexibility index (Phi) is 5.81. The molecule has 4 aromatic heterocycles. The number of hydrogen-bond acceptors (Lipinski definition) is 2. The smallest absolute Gasteiger partial charge is 0.235 e. The van der Waals surface area contributed by atoms with E-state index in [2.05, 4.69) is 193 Å². The van der Waals surface area contributed by atoms with Gasteiger partial charge in [0.05, 0.1) is 38.8 Å². The van der Waals surface area contributed by atoms with Gasteiger partial charge in [0, 0.05) is 48.7 Å². The van der Waals surface area contributed by atoms with E-state index in [9.17, 15) is 0 Å². The first-order chi connectivity index (χ1) is 29.0. The molecule has 1 aliphatic rings. The van der Waals surface area contributed by atoms with Crippen LogP contribution < -0.4 is 0 Å². The minimum absolute atomic E-state index is 0.135. The predicted molar refractivity (Wildman–Crippen MR) is 247 cm³/mol. The average molecular weight is 751 g/mol. The normalized spacial score (nSPS) is 13.7. The number of benzene rings is 9. The zero-order chi connectivity index (χ0) is 38.7. The predicted octanol–water partition coefficient (Wildman–Crippen LogP) is 14.2. The Morgan fingerprint density at radius 2 is 1.07 bits per heavy atom. The van der Waals surface area contributed by atoms with Crippen molar-refractivity contribution in [3.8, 4) is 28.3 Å². The highest BCUT2D eigenvalue weighted by Crippen LogP contribution is 2.50. The molecule has 0 bridgehead atoms. The number of para-hydroxylation sites is 1. The van der Waals surface area contributed by atoms with Crippen LogP contribution in [0.4, 0.5) is 0 Å². The van der Waals surface area contributed by atoms with Crippen LogP contribution in [0, 0.1) is 0 Å². The van der Waals surface area contributed by atoms with Crippen molar-refractivity contribution in [1.29, 1.82) is 0 Å². The molecule has 4 heteroatoms. The van der Waals surface area contributed by atoms with E-state index in [0.29, 0.717) is 5.95 Å². The Morgan fingerprint density at radius 3 is 1.97 bits per heavy atom. The molecule has 0 radical (unpaired) electrons. The Balaban J connectivity index is 1.13. The van der Waals surface area contributed by atoms with Gasteiger partial charge in [0.1, 0.15) is 0 Å². The van der Waals surface area contributed by atoms with Gasteiger partial charge in [-0.2, -0.15) is 0 Å². The summed E-state index contributed by atoms with van der Waals surface area (Å²) in [6.07, 6.45) is 0. The maximum Gasteiger partial charge on any atom is 0.235 e. The molecule has 14 rings (SSSR count). The topological polar surface area (TPSA) is 35.1 Å². The van der Waals surface area contributed by atoms with Crippen molar-refractivity contribution >= 4 is 92.3 Å². The zero-order valence-corrected chi connectivity index (χ0v) is 32.5. The molecule has 274 valence electrons. The fourth-order valence-electron chi connectivity index (χ4n) is 11.0. The third kappa shape index (κ3) is 3.89. The van der Waals surface area contributed by atoms with Crippen LogP contribution in [0.5, 0.6) is 0 Å². The molecule has 4 nitrogen and oxygen atoms in total. The molecule has 59 heavy (non-hydrogen) atoms. The number of hydrogen-bond donors (Lipinski definition) is 0. The van der Waals surface area contributed by atoms with Crippen LogP contribution in [0.25, 0.3) is 121 Å². The fourth-order valence-corrected chi connectivity index (χ4v) is 11.0. The van der Waals surface area contributed by atoms with E-state index in [1.165, 1.54) is 81.9 Å². The second kappa shape index (κ2) is 10.9. The van der Waals surface area contributed by atoms with Gasteiger partial charge < -0.3 is 4.40 Å². The van der Waals surface area contributed by atoms with Gasteiger partial charge in [-0.05, 0) is 80.2 Å². The van der Waals surface area contributed by atoms with Crippen molar-refractivity contribution in [3.05, 3.63) is 181 Å². The second-order valence-electron chi connectivity index (χ2n) is 16.9. The second-order valence-corrected chi connectivity index (χ2v) is 16.9. The third-order valence-corrected chi connectivity index (χ3v) is 13.6. The fraction of sp³-hybridized carbons (Fsp3) is 0.0545. The van der Waals surface area contributed by atoms with Crippen LogP contribution in [-0.2, 0) is 5.41 Å². The minimum Gasteiger partial charge on any atom is -0.308 e. The van der Waals surface area contributed by atoms with Crippen LogP contribution in [-0.4, -0.2) is 18.9 Å². The van der Waals surface area contributed by atoms with Crippen LogP contribution in [0.2, 0.25) is 0 Å². The van der Waals surface area contributed by atoms with Gasteiger partial charge in [-0.3, -0.25) is 4.57 Å². The SMILES string of the molecule is CC1(C)c2ccccc2-c2ccc(-c3nc(-n4c5cccc6c7cccc8c9c%10ccccc%10ccc9n(c9cccc4c9c65)c78)nc4c3ccc3ccccc34)cc21. The van der Waals surface area contributed by atoms with E-state index < -0.39 is 0 Å². The van der Waals surface area contributed by atoms with Gasteiger partial charge in [0.25, 0.3) is 0 Å². The van der Waals surface area contributed by atoms with Crippen molar-refractivity contribution in [2.45, 2.75) is 19.3 Å². The molecule has 0 N–H and O–H groups in total. The van der Waals surface area contributed by atoms with Crippen molar-refractivity contribution in [2.75, 3.05) is 0 Å². The van der Waals surface area contributed by atoms with E-state index in [1.54, 1.807) is 0 Å². The van der Waals surface area contributed by atoms with Crippen molar-refractivity contribution in [1.82, 2.24) is 18.9 Å². The van der Waals surface area contributed by atoms with Gasteiger partial charge in [0.2, 0.25) is 5.95 Å². The summed E-state index contributed by atoms with van der Waals surface area (Å²) in [5.74, 6) is 0.670. The zero-order valence-electron chi connectivity index (χ0n) is 32.5. The van der Waals surface area contributed by atoms with E-state index in [4.69, 9.17) is 9.97 Å². The van der Waals surface area contributed by atoms with Crippen LogP contribution in [0.15, 0.2) is 170 Å². The quantitative estimate of drug-likeness (QED) is 0.165. The summed E-state index contributed by atoms with van der Waals surface area (Å²) in [5, 5.41) is 13.3. The first kappa shape index (κ1) is 31.5. The monoisotopic (exact) mass is 750 g/mol. The van der Waals surface area contributed by atoms with E-state index in [0.717, 1.165) is 44.0 Å². The Labute approximate surface area is 338 Å². The number of fused-ring (bicyclic) bond motifs is 13. The van der Waals surface area contributed by atoms with Gasteiger partial charge in [-0.25, -0.2) is 9.97 Å². The Hall–Kier alpha value is -7.56. The summed E-state index contributed by atoms with van der Waals surface area (Å²) in [5.41, 5.74) is 14.0. The van der Waals surface area contributed by atoms with E-state index in [1.807, 2.05) is 0 Å². The number of aromatic nitrogens is 4. The summed E-state index contributed by atoms with van der Waals surface area (Å²) >= 11 is 0. The molecule has 1 aliphatic carbocycles. The van der Waals surface area contributed by atoms with Gasteiger partial charge in [0.15, 0.2) is 0 Å². The Bertz CT molecular complexity index is 3990. The molecule has 0 amide bonds. The highest BCUT2D eigenvalue weighted by Gasteiger charge is 2.35. The largest absolute Gasteiger partial charge is 0.308 e. The van der Waals surface area contributed by atoms with Crippen molar-refractivity contribution in [3.63, 3.8) is 0 Å². The summed E-state index contributed by atoms with van der Waals surface area (Å²) in [6, 6.07) is 62.5. The molecule has 4 heterocycles. The van der Waals surface area contributed by atoms with E-state index >= 15 is 0 Å². The molecule has 0 spiro atoms. The van der Waals surface area contributed by atoms with Gasteiger partial charge in [-0.15, -0.1) is 0 Å². The van der Waals surface area contributed by atoms with Crippen LogP contribution in [0.3, 0.4) is 0 Å². The Morgan fingerprint density at radius 1 is 0.424 bits per heavy atom. The standard InChI is InChI=1S/C55H34N4/c1-55(2)42-20-8-7-16-36(42)37-27-25-33(30-43(37)55)51-41-28-24-32-13-4-6-15-35(32)52(41)57-54(56-51)59-44-21-10-17-38-39-18-9-19-40-48-34-14-5-3-12-31(34)26-29-47(48)58(53(39)40)45-22-11-23-46(59)50(45)49(38)44/h3-30H,1-2H3. The molecule has 0 atom stereocenters. The van der Waals surface area contributed by atoms with E-state index in [-0.39, 0.29) is 5.41 Å². The highest BCUT2D eigenvalue weighted by molar-refractivity contribution is 6.33. The summed E-state index contributed by atoms with van der Waals surface area (Å²) in [7, 11) is 0. The van der Waals surface area contributed by atoms with Crippen molar-refractivity contribution < 1.29 is 0 Å². The van der Waals surface area contributed by atoms with Gasteiger partial charge >= 0.3 is 0 Å². The third-order valence-electron chi connectivity index (χ3n) is 13.6. The molecule has 9 aromatic carbocycles. The van der Waals surface area contributed by atoms with Crippen LogP contribution >= 0.6 is 0 Å². The van der Waals surface area contributed by atoms with Gasteiger partial charge in [-0.1, -0.05) is 147 Å². The lowest BCUT2D eigenvalue weighted by atomic mass is 9.82. The maximum absolute atomic E-state index is 5.65. The number of nitrogens with zero attached hydrogens (tertiary/aromatic N) is 4. The molecule has 0 aliphatic heterocycles. The lowest BCUT2D eigenvalue weighted by molar-refractivity contribution is 0.660. The highest BCUT2D eigenvalue weighted by atomic mass is 15.2. The molecule has 0 unspecified atom stereocenters. The van der Waals surface area contributed by atoms with Crippen LogP contribution in [0.1, 0.15) is 25.0 Å². The molecule has 0 saturated heterocycles. The first-order valence-corrected chi connectivity index (χ1v) is 20.5. The molecular formula is C55H34N4. The summed E-state index contributed by atoms with van der Waals surface area (Å²) < 4.78 is 4.84. The first-order valence-electron chi connectivity index (χ1n) is 20.5. The minimum atomic E-state index is -0.135. The molecule has 0 fully saturated rings. The molecule has 0 saturated carbocycles. The maximum atomic E-state index is 5.65. The lowest BCUT2D eigenvalue weighted by Crippen LogP contribution is -2.15. The van der Waals surface area contributed by atoms with Crippen molar-refractivity contribution in [2.24, 2.45) is 0 Å². The molecular weight excluding hydrogens is 717 g/mol. The lowest BCUT2D eigenvalue weighted by Gasteiger charge is -2.22.